The minimum atomic E-state index is -1.07. The fraction of sp³-hybridized carbons (Fsp3) is 0.318. The molecule has 160 valence electrons. The zero-order valence-electron chi connectivity index (χ0n) is 17.0. The van der Waals surface area contributed by atoms with E-state index in [9.17, 15) is 14.7 Å². The summed E-state index contributed by atoms with van der Waals surface area (Å²) in [6, 6.07) is 14.7. The molecule has 0 saturated carbocycles. The van der Waals surface area contributed by atoms with Gasteiger partial charge in [-0.15, -0.1) is 0 Å². The lowest BCUT2D eigenvalue weighted by atomic mass is 10.0. The molecular weight excluding hydrogens is 384 g/mol. The molecule has 0 bridgehead atoms. The number of aromatic nitrogens is 2. The number of quaternary nitrogens is 1. The van der Waals surface area contributed by atoms with Crippen molar-refractivity contribution in [3.05, 3.63) is 60.3 Å². The molecule has 1 unspecified atom stereocenters. The third kappa shape index (κ3) is 6.40. The number of benzene rings is 2. The summed E-state index contributed by atoms with van der Waals surface area (Å²) >= 11 is 0. The van der Waals surface area contributed by atoms with Crippen molar-refractivity contribution < 1.29 is 25.5 Å². The molecule has 0 amide bonds. The smallest absolute Gasteiger partial charge is 0.362 e. The SMILES string of the molecule is CC(C(=O)[O-])c1ccc(-n2cc3ccccc3n2)cc1.NCCCC[C@H]([NH3+])C(=O)O. The maximum atomic E-state index is 10.8. The summed E-state index contributed by atoms with van der Waals surface area (Å²) in [4.78, 5) is 21.0. The average molecular weight is 412 g/mol. The number of hydrogen-bond acceptors (Lipinski definition) is 5. The van der Waals surface area contributed by atoms with Gasteiger partial charge in [0.05, 0.1) is 11.2 Å². The van der Waals surface area contributed by atoms with Gasteiger partial charge in [-0.2, -0.15) is 5.10 Å². The predicted octanol–water partition coefficient (Wildman–Crippen LogP) is 0.689. The molecule has 6 N–H and O–H groups in total. The summed E-state index contributed by atoms with van der Waals surface area (Å²) in [7, 11) is 0. The van der Waals surface area contributed by atoms with Crippen molar-refractivity contribution in [3.63, 3.8) is 0 Å². The summed E-state index contributed by atoms with van der Waals surface area (Å²) in [6.07, 6.45) is 4.33. The number of carboxylic acids is 2. The van der Waals surface area contributed by atoms with Crippen LogP contribution in [0.2, 0.25) is 0 Å². The van der Waals surface area contributed by atoms with Crippen LogP contribution in [-0.2, 0) is 9.59 Å². The monoisotopic (exact) mass is 412 g/mol. The van der Waals surface area contributed by atoms with E-state index in [2.05, 4.69) is 10.8 Å². The van der Waals surface area contributed by atoms with E-state index in [0.717, 1.165) is 35.0 Å². The highest BCUT2D eigenvalue weighted by Crippen LogP contribution is 2.19. The van der Waals surface area contributed by atoms with Gasteiger partial charge in [0.1, 0.15) is 0 Å². The van der Waals surface area contributed by atoms with E-state index in [0.29, 0.717) is 13.0 Å². The molecule has 2 atom stereocenters. The Labute approximate surface area is 175 Å². The zero-order chi connectivity index (χ0) is 22.1. The lowest BCUT2D eigenvalue weighted by Gasteiger charge is -2.13. The normalized spacial score (nSPS) is 12.6. The Morgan fingerprint density at radius 3 is 2.40 bits per heavy atom. The first-order chi connectivity index (χ1) is 14.3. The Hall–Kier alpha value is -3.23. The summed E-state index contributed by atoms with van der Waals surface area (Å²) in [5.41, 5.74) is 11.2. The van der Waals surface area contributed by atoms with E-state index in [1.54, 1.807) is 23.7 Å². The van der Waals surface area contributed by atoms with E-state index in [1.807, 2.05) is 42.6 Å². The van der Waals surface area contributed by atoms with Gasteiger partial charge in [-0.3, -0.25) is 0 Å². The second-order valence-corrected chi connectivity index (χ2v) is 7.08. The molecular formula is C22H28N4O4. The lowest BCUT2D eigenvalue weighted by Crippen LogP contribution is -2.64. The van der Waals surface area contributed by atoms with Gasteiger partial charge >= 0.3 is 5.97 Å². The number of aliphatic carboxylic acids is 2. The van der Waals surface area contributed by atoms with Crippen molar-refractivity contribution in [1.29, 1.82) is 0 Å². The predicted molar refractivity (Wildman–Crippen MR) is 112 cm³/mol. The first-order valence-electron chi connectivity index (χ1n) is 9.85. The largest absolute Gasteiger partial charge is 0.550 e. The molecule has 0 spiro atoms. The maximum absolute atomic E-state index is 10.8. The number of carboxylic acid groups (broad SMARTS) is 2. The van der Waals surface area contributed by atoms with Gasteiger partial charge in [0.25, 0.3) is 0 Å². The van der Waals surface area contributed by atoms with Crippen LogP contribution in [0.5, 0.6) is 0 Å². The third-order valence-electron chi connectivity index (χ3n) is 4.78. The van der Waals surface area contributed by atoms with Crippen molar-refractivity contribution in [1.82, 2.24) is 9.78 Å². The van der Waals surface area contributed by atoms with Crippen LogP contribution in [0.15, 0.2) is 54.7 Å². The molecule has 3 aromatic rings. The van der Waals surface area contributed by atoms with Crippen LogP contribution in [0.25, 0.3) is 16.6 Å². The Balaban J connectivity index is 0.000000274. The molecule has 0 saturated heterocycles. The summed E-state index contributed by atoms with van der Waals surface area (Å²) < 4.78 is 1.79. The number of carbonyl (C=O) groups is 2. The molecule has 0 radical (unpaired) electrons. The van der Waals surface area contributed by atoms with Gasteiger partial charge in [-0.1, -0.05) is 37.3 Å². The Morgan fingerprint density at radius 1 is 1.17 bits per heavy atom. The molecule has 30 heavy (non-hydrogen) atoms. The van der Waals surface area contributed by atoms with Crippen molar-refractivity contribution in [2.75, 3.05) is 6.54 Å². The van der Waals surface area contributed by atoms with Crippen molar-refractivity contribution >= 4 is 22.8 Å². The summed E-state index contributed by atoms with van der Waals surface area (Å²) in [5, 5.41) is 24.8. The van der Waals surface area contributed by atoms with E-state index < -0.39 is 23.9 Å². The van der Waals surface area contributed by atoms with Gasteiger partial charge in [-0.25, -0.2) is 9.48 Å². The molecule has 0 fully saturated rings. The molecule has 1 aromatic heterocycles. The van der Waals surface area contributed by atoms with Crippen LogP contribution in [-0.4, -0.2) is 39.4 Å². The van der Waals surface area contributed by atoms with Crippen molar-refractivity contribution in [2.45, 2.75) is 38.1 Å². The number of rotatable bonds is 8. The second kappa shape index (κ2) is 11.1. The fourth-order valence-electron chi connectivity index (χ4n) is 2.81. The average Bonchev–Trinajstić information content (AvgIpc) is 3.18. The number of hydrogen-bond donors (Lipinski definition) is 3. The molecule has 3 rings (SSSR count). The van der Waals surface area contributed by atoms with Crippen molar-refractivity contribution in [3.8, 4) is 5.69 Å². The third-order valence-corrected chi connectivity index (χ3v) is 4.78. The number of nitrogens with zero attached hydrogens (tertiary/aromatic N) is 2. The van der Waals surface area contributed by atoms with E-state index in [-0.39, 0.29) is 0 Å². The molecule has 8 nitrogen and oxygen atoms in total. The Kier molecular flexibility index (Phi) is 8.52. The summed E-state index contributed by atoms with van der Waals surface area (Å²) in [5.74, 6) is -2.50. The Morgan fingerprint density at radius 2 is 1.83 bits per heavy atom. The Bertz CT molecular complexity index is 936. The van der Waals surface area contributed by atoms with Crippen LogP contribution in [0.3, 0.4) is 0 Å². The van der Waals surface area contributed by atoms with Crippen LogP contribution >= 0.6 is 0 Å². The molecule has 0 aliphatic rings. The second-order valence-electron chi connectivity index (χ2n) is 7.08. The fourth-order valence-corrected chi connectivity index (χ4v) is 2.81. The molecule has 8 heteroatoms. The highest BCUT2D eigenvalue weighted by Gasteiger charge is 2.13. The number of unbranched alkanes of at least 4 members (excludes halogenated alkanes) is 1. The highest BCUT2D eigenvalue weighted by atomic mass is 16.4. The minimum absolute atomic E-state index is 0.466. The molecule has 1 heterocycles. The van der Waals surface area contributed by atoms with Crippen molar-refractivity contribution in [2.24, 2.45) is 5.73 Å². The maximum Gasteiger partial charge on any atom is 0.362 e. The number of fused-ring (bicyclic) bond motifs is 1. The van der Waals surface area contributed by atoms with E-state index in [4.69, 9.17) is 10.8 Å². The summed E-state index contributed by atoms with van der Waals surface area (Å²) in [6.45, 7) is 2.25. The molecule has 2 aromatic carbocycles. The van der Waals surface area contributed by atoms with Crippen LogP contribution < -0.4 is 16.6 Å². The standard InChI is InChI=1S/C16H14N2O2.C6H14N2O2/c1-11(16(19)20)12-6-8-14(9-7-12)18-10-13-4-2-3-5-15(13)17-18;7-4-2-1-3-5(8)6(9)10/h2-11H,1H3,(H,19,20);5H,1-4,7-8H2,(H,9,10)/t;5-/m.0/s1. The lowest BCUT2D eigenvalue weighted by molar-refractivity contribution is -0.409. The molecule has 0 aliphatic heterocycles. The quantitative estimate of drug-likeness (QED) is 0.463. The van der Waals surface area contributed by atoms with Gasteiger partial charge in [0.15, 0.2) is 6.04 Å². The van der Waals surface area contributed by atoms with Gasteiger partial charge in [0.2, 0.25) is 0 Å². The highest BCUT2D eigenvalue weighted by molar-refractivity contribution is 5.78. The molecule has 0 aliphatic carbocycles. The van der Waals surface area contributed by atoms with Crippen LogP contribution in [0.4, 0.5) is 0 Å². The number of nitrogens with two attached hydrogens (primary N) is 1. The minimum Gasteiger partial charge on any atom is -0.550 e. The zero-order valence-corrected chi connectivity index (χ0v) is 17.0. The van der Waals surface area contributed by atoms with Crippen LogP contribution in [0, 0.1) is 0 Å². The topological polar surface area (TPSA) is 149 Å². The van der Waals surface area contributed by atoms with Gasteiger partial charge < -0.3 is 26.5 Å². The first-order valence-corrected chi connectivity index (χ1v) is 9.85. The van der Waals surface area contributed by atoms with E-state index >= 15 is 0 Å². The number of carbonyl (C=O) groups excluding carboxylic acids is 1. The van der Waals surface area contributed by atoms with Gasteiger partial charge in [-0.05, 0) is 43.1 Å². The first kappa shape index (κ1) is 23.1. The van der Waals surface area contributed by atoms with Gasteiger partial charge in [0, 0.05) is 29.9 Å². The van der Waals surface area contributed by atoms with Crippen LogP contribution in [0.1, 0.15) is 37.7 Å². The van der Waals surface area contributed by atoms with E-state index in [1.165, 1.54) is 0 Å².